The first kappa shape index (κ1) is 19.4. The number of piperazine rings is 1. The Bertz CT molecular complexity index is 561. The summed E-state index contributed by atoms with van der Waals surface area (Å²) in [5.41, 5.74) is 0.453. The van der Waals surface area contributed by atoms with Crippen molar-refractivity contribution < 1.29 is 9.18 Å². The zero-order valence-electron chi connectivity index (χ0n) is 13.4. The van der Waals surface area contributed by atoms with Gasteiger partial charge in [-0.15, -0.1) is 12.4 Å². The van der Waals surface area contributed by atoms with Crippen molar-refractivity contribution in [3.63, 3.8) is 0 Å². The third kappa shape index (κ3) is 5.04. The number of nitrogens with one attached hydrogen (secondary N) is 2. The van der Waals surface area contributed by atoms with E-state index in [4.69, 9.17) is 11.6 Å². The maximum atomic E-state index is 13.0. The number of nitrogens with zero attached hydrogens (tertiary/aromatic N) is 2. The van der Waals surface area contributed by atoms with Crippen molar-refractivity contribution in [2.75, 3.05) is 51.1 Å². The summed E-state index contributed by atoms with van der Waals surface area (Å²) in [6, 6.07) is 4.62. The molecule has 2 aliphatic heterocycles. The molecule has 1 unspecified atom stereocenters. The Kier molecular flexibility index (Phi) is 7.25. The summed E-state index contributed by atoms with van der Waals surface area (Å²) in [4.78, 5) is 16.8. The fourth-order valence-electron chi connectivity index (χ4n) is 3.22. The van der Waals surface area contributed by atoms with Gasteiger partial charge in [-0.3, -0.25) is 14.6 Å². The average Bonchev–Trinajstić information content (AvgIpc) is 3.05. The third-order valence-corrected chi connectivity index (χ3v) is 4.84. The molecule has 24 heavy (non-hydrogen) atoms. The highest BCUT2D eigenvalue weighted by Crippen LogP contribution is 2.22. The molecule has 0 radical (unpaired) electrons. The van der Waals surface area contributed by atoms with E-state index in [1.807, 2.05) is 0 Å². The van der Waals surface area contributed by atoms with Crippen LogP contribution < -0.4 is 10.6 Å². The molecule has 2 saturated heterocycles. The monoisotopic (exact) mass is 376 g/mol. The van der Waals surface area contributed by atoms with Gasteiger partial charge in [0.05, 0.1) is 17.3 Å². The number of rotatable bonds is 4. The minimum Gasteiger partial charge on any atom is -0.324 e. The lowest BCUT2D eigenvalue weighted by Gasteiger charge is -2.37. The van der Waals surface area contributed by atoms with Crippen LogP contribution in [0.5, 0.6) is 0 Å². The molecule has 0 saturated carbocycles. The number of hydrogen-bond donors (Lipinski definition) is 2. The second-order valence-electron chi connectivity index (χ2n) is 6.13. The summed E-state index contributed by atoms with van der Waals surface area (Å²) in [6.45, 7) is 6.29. The van der Waals surface area contributed by atoms with Gasteiger partial charge in [0, 0.05) is 38.8 Å². The van der Waals surface area contributed by atoms with E-state index in [-0.39, 0.29) is 23.3 Å². The number of amides is 1. The van der Waals surface area contributed by atoms with E-state index >= 15 is 0 Å². The molecule has 1 atom stereocenters. The van der Waals surface area contributed by atoms with Crippen LogP contribution in [0.3, 0.4) is 0 Å². The van der Waals surface area contributed by atoms with Crippen LogP contribution in [0.1, 0.15) is 6.42 Å². The standard InChI is InChI=1S/C16H22ClFN4O.ClH/c17-14-9-12(18)1-2-15(14)20-16(23)11-21-5-7-22(8-6-21)13-3-4-19-10-13;/h1-2,9,13,19H,3-8,10-11H2,(H,20,23);1H. The van der Waals surface area contributed by atoms with Gasteiger partial charge in [0.1, 0.15) is 5.82 Å². The van der Waals surface area contributed by atoms with Crippen LogP contribution in [-0.2, 0) is 4.79 Å². The normalized spacial score (nSPS) is 22.2. The minimum atomic E-state index is -0.412. The molecule has 2 heterocycles. The van der Waals surface area contributed by atoms with E-state index < -0.39 is 5.82 Å². The SMILES string of the molecule is Cl.O=C(CN1CCN(C2CCNC2)CC1)Nc1ccc(F)cc1Cl. The fourth-order valence-corrected chi connectivity index (χ4v) is 3.44. The van der Waals surface area contributed by atoms with Gasteiger partial charge in [-0.05, 0) is 31.2 Å². The van der Waals surface area contributed by atoms with E-state index in [1.165, 1.54) is 24.6 Å². The summed E-state index contributed by atoms with van der Waals surface area (Å²) in [6.07, 6.45) is 1.21. The zero-order valence-corrected chi connectivity index (χ0v) is 15.0. The van der Waals surface area contributed by atoms with E-state index in [9.17, 15) is 9.18 Å². The molecule has 8 heteroatoms. The number of anilines is 1. The molecule has 0 bridgehead atoms. The van der Waals surface area contributed by atoms with E-state index in [1.54, 1.807) is 0 Å². The highest BCUT2D eigenvalue weighted by Gasteiger charge is 2.26. The van der Waals surface area contributed by atoms with Gasteiger partial charge < -0.3 is 10.6 Å². The third-order valence-electron chi connectivity index (χ3n) is 4.53. The molecule has 1 aromatic rings. The first-order chi connectivity index (χ1) is 11.1. The lowest BCUT2D eigenvalue weighted by atomic mass is 10.2. The summed E-state index contributed by atoms with van der Waals surface area (Å²) < 4.78 is 13.0. The summed E-state index contributed by atoms with van der Waals surface area (Å²) in [7, 11) is 0. The van der Waals surface area contributed by atoms with E-state index in [0.717, 1.165) is 39.3 Å². The van der Waals surface area contributed by atoms with E-state index in [2.05, 4.69) is 20.4 Å². The molecular formula is C16H23Cl2FN4O. The molecule has 2 fully saturated rings. The zero-order chi connectivity index (χ0) is 16.2. The highest BCUT2D eigenvalue weighted by molar-refractivity contribution is 6.33. The fraction of sp³-hybridized carbons (Fsp3) is 0.562. The van der Waals surface area contributed by atoms with Gasteiger partial charge >= 0.3 is 0 Å². The van der Waals surface area contributed by atoms with Crippen molar-refractivity contribution in [1.29, 1.82) is 0 Å². The topological polar surface area (TPSA) is 47.6 Å². The van der Waals surface area contributed by atoms with Crippen molar-refractivity contribution in [2.45, 2.75) is 12.5 Å². The second-order valence-corrected chi connectivity index (χ2v) is 6.54. The van der Waals surface area contributed by atoms with Gasteiger partial charge in [-0.25, -0.2) is 4.39 Å². The van der Waals surface area contributed by atoms with Crippen molar-refractivity contribution >= 4 is 35.6 Å². The highest BCUT2D eigenvalue weighted by atomic mass is 35.5. The van der Waals surface area contributed by atoms with Crippen LogP contribution in [0.15, 0.2) is 18.2 Å². The van der Waals surface area contributed by atoms with Crippen LogP contribution in [-0.4, -0.2) is 67.6 Å². The molecule has 3 rings (SSSR count). The molecular weight excluding hydrogens is 354 g/mol. The van der Waals surface area contributed by atoms with Crippen molar-refractivity contribution in [3.05, 3.63) is 29.0 Å². The van der Waals surface area contributed by atoms with E-state index in [0.29, 0.717) is 18.3 Å². The van der Waals surface area contributed by atoms with Crippen LogP contribution in [0, 0.1) is 5.82 Å². The Morgan fingerprint density at radius 1 is 1.33 bits per heavy atom. The lowest BCUT2D eigenvalue weighted by molar-refractivity contribution is -0.117. The van der Waals surface area contributed by atoms with Crippen molar-refractivity contribution in [1.82, 2.24) is 15.1 Å². The maximum Gasteiger partial charge on any atom is 0.238 e. The van der Waals surface area contributed by atoms with Gasteiger partial charge in [-0.2, -0.15) is 0 Å². The Morgan fingerprint density at radius 2 is 2.08 bits per heavy atom. The number of halogens is 3. The van der Waals surface area contributed by atoms with Crippen LogP contribution in [0.25, 0.3) is 0 Å². The quantitative estimate of drug-likeness (QED) is 0.841. The Hall–Kier alpha value is -0.920. The molecule has 2 aliphatic rings. The molecule has 0 aromatic heterocycles. The molecule has 134 valence electrons. The first-order valence-corrected chi connectivity index (χ1v) is 8.41. The van der Waals surface area contributed by atoms with Crippen LogP contribution >= 0.6 is 24.0 Å². The molecule has 0 spiro atoms. The summed E-state index contributed by atoms with van der Waals surface area (Å²) >= 11 is 5.93. The van der Waals surface area contributed by atoms with Crippen molar-refractivity contribution in [2.24, 2.45) is 0 Å². The van der Waals surface area contributed by atoms with Gasteiger partial charge in [-0.1, -0.05) is 11.6 Å². The Morgan fingerprint density at radius 3 is 2.71 bits per heavy atom. The number of benzene rings is 1. The number of carbonyl (C=O) groups is 1. The summed E-state index contributed by atoms with van der Waals surface area (Å²) in [5.74, 6) is -0.528. The predicted octanol–water partition coefficient (Wildman–Crippen LogP) is 1.82. The van der Waals surface area contributed by atoms with Crippen LogP contribution in [0.2, 0.25) is 5.02 Å². The lowest BCUT2D eigenvalue weighted by Crippen LogP contribution is -2.52. The van der Waals surface area contributed by atoms with Crippen LogP contribution in [0.4, 0.5) is 10.1 Å². The number of carbonyl (C=O) groups excluding carboxylic acids is 1. The molecule has 1 aromatic carbocycles. The summed E-state index contributed by atoms with van der Waals surface area (Å²) in [5, 5.41) is 6.36. The molecule has 1 amide bonds. The Balaban J connectivity index is 0.00000208. The molecule has 5 nitrogen and oxygen atoms in total. The smallest absolute Gasteiger partial charge is 0.238 e. The number of hydrogen-bond acceptors (Lipinski definition) is 4. The Labute approximate surface area is 152 Å². The first-order valence-electron chi connectivity index (χ1n) is 8.04. The van der Waals surface area contributed by atoms with Gasteiger partial charge in [0.2, 0.25) is 5.91 Å². The largest absolute Gasteiger partial charge is 0.324 e. The predicted molar refractivity (Wildman–Crippen MR) is 96.6 cm³/mol. The maximum absolute atomic E-state index is 13.0. The molecule has 0 aliphatic carbocycles. The van der Waals surface area contributed by atoms with Gasteiger partial charge in [0.25, 0.3) is 0 Å². The molecule has 2 N–H and O–H groups in total. The second kappa shape index (κ2) is 8.97. The minimum absolute atomic E-state index is 0. The average molecular weight is 377 g/mol. The van der Waals surface area contributed by atoms with Crippen molar-refractivity contribution in [3.8, 4) is 0 Å². The van der Waals surface area contributed by atoms with Gasteiger partial charge in [0.15, 0.2) is 0 Å².